The molecule has 1 aromatic carbocycles. The molecule has 0 amide bonds. The molecule has 0 saturated heterocycles. The maximum Gasteiger partial charge on any atom is 0.200 e. The number of hydrogen-bond acceptors (Lipinski definition) is 2. The molecule has 0 aliphatic rings. The molecule has 0 aliphatic carbocycles. The van der Waals surface area contributed by atoms with Gasteiger partial charge in [0, 0.05) is 13.1 Å². The van der Waals surface area contributed by atoms with Crippen LogP contribution in [0.1, 0.15) is 5.56 Å². The van der Waals surface area contributed by atoms with Crippen molar-refractivity contribution in [3.63, 3.8) is 0 Å². The normalized spacial score (nSPS) is 11.0. The topological polar surface area (TPSA) is 43.8 Å². The molecule has 1 heterocycles. The Morgan fingerprint density at radius 2 is 2.15 bits per heavy atom. The van der Waals surface area contributed by atoms with Crippen LogP contribution in [0.3, 0.4) is 0 Å². The first-order valence-electron chi connectivity index (χ1n) is 3.97. The van der Waals surface area contributed by atoms with Crippen molar-refractivity contribution >= 4 is 17.0 Å². The minimum absolute atomic E-state index is 0.245. The van der Waals surface area contributed by atoms with Gasteiger partial charge >= 0.3 is 0 Å². The molecular formula is C9H10FN3. The van der Waals surface area contributed by atoms with E-state index in [-0.39, 0.29) is 5.82 Å². The van der Waals surface area contributed by atoms with E-state index in [1.165, 1.54) is 6.07 Å². The summed E-state index contributed by atoms with van der Waals surface area (Å²) in [6.45, 7) is 1.72. The number of halogens is 1. The molecule has 0 bridgehead atoms. The summed E-state index contributed by atoms with van der Waals surface area (Å²) in [4.78, 5) is 4.02. The van der Waals surface area contributed by atoms with E-state index in [2.05, 4.69) is 4.98 Å². The summed E-state index contributed by atoms with van der Waals surface area (Å²) in [5.74, 6) is 0.158. The fourth-order valence-corrected chi connectivity index (χ4v) is 1.34. The third-order valence-corrected chi connectivity index (χ3v) is 2.20. The van der Waals surface area contributed by atoms with E-state index in [0.717, 1.165) is 5.52 Å². The maximum absolute atomic E-state index is 13.1. The van der Waals surface area contributed by atoms with Crippen molar-refractivity contribution in [1.82, 2.24) is 9.55 Å². The molecule has 2 rings (SSSR count). The van der Waals surface area contributed by atoms with Gasteiger partial charge in [-0.1, -0.05) is 0 Å². The first-order valence-corrected chi connectivity index (χ1v) is 3.97. The summed E-state index contributed by atoms with van der Waals surface area (Å²) in [5.41, 5.74) is 7.65. The van der Waals surface area contributed by atoms with Crippen LogP contribution in [0.4, 0.5) is 10.3 Å². The van der Waals surface area contributed by atoms with Gasteiger partial charge in [0.1, 0.15) is 5.82 Å². The summed E-state index contributed by atoms with van der Waals surface area (Å²) in [6.07, 6.45) is 0. The van der Waals surface area contributed by atoms with Gasteiger partial charge in [-0.05, 0) is 18.6 Å². The number of nitrogens with zero attached hydrogens (tertiary/aromatic N) is 2. The van der Waals surface area contributed by atoms with Gasteiger partial charge in [-0.3, -0.25) is 0 Å². The third-order valence-electron chi connectivity index (χ3n) is 2.20. The van der Waals surface area contributed by atoms with Crippen molar-refractivity contribution in [3.8, 4) is 0 Å². The van der Waals surface area contributed by atoms with Crippen molar-refractivity contribution in [2.45, 2.75) is 6.92 Å². The highest BCUT2D eigenvalue weighted by Gasteiger charge is 2.07. The number of aromatic nitrogens is 2. The molecule has 0 unspecified atom stereocenters. The van der Waals surface area contributed by atoms with Crippen LogP contribution in [0.25, 0.3) is 11.0 Å². The van der Waals surface area contributed by atoms with Crippen molar-refractivity contribution in [3.05, 3.63) is 23.5 Å². The van der Waals surface area contributed by atoms with E-state index >= 15 is 0 Å². The van der Waals surface area contributed by atoms with Gasteiger partial charge in [-0.2, -0.15) is 0 Å². The lowest BCUT2D eigenvalue weighted by molar-refractivity contribution is 0.620. The number of nitrogen functional groups attached to an aromatic ring is 1. The van der Waals surface area contributed by atoms with Gasteiger partial charge in [0.2, 0.25) is 5.95 Å². The highest BCUT2D eigenvalue weighted by Crippen LogP contribution is 2.19. The molecule has 0 fully saturated rings. The van der Waals surface area contributed by atoms with Crippen LogP contribution in [-0.4, -0.2) is 9.55 Å². The van der Waals surface area contributed by atoms with Crippen molar-refractivity contribution < 1.29 is 4.39 Å². The maximum atomic E-state index is 13.1. The quantitative estimate of drug-likeness (QED) is 0.667. The highest BCUT2D eigenvalue weighted by atomic mass is 19.1. The number of nitrogens with two attached hydrogens (primary N) is 1. The summed E-state index contributed by atoms with van der Waals surface area (Å²) >= 11 is 0. The first-order chi connectivity index (χ1) is 6.09. The van der Waals surface area contributed by atoms with Gasteiger partial charge in [-0.15, -0.1) is 0 Å². The number of hydrogen-bond donors (Lipinski definition) is 1. The van der Waals surface area contributed by atoms with Crippen LogP contribution in [0.2, 0.25) is 0 Å². The molecule has 13 heavy (non-hydrogen) atoms. The Bertz CT molecular complexity index is 473. The lowest BCUT2D eigenvalue weighted by Crippen LogP contribution is -1.96. The summed E-state index contributed by atoms with van der Waals surface area (Å²) < 4.78 is 14.8. The minimum atomic E-state index is -0.245. The number of aryl methyl sites for hydroxylation is 2. The van der Waals surface area contributed by atoms with Crippen molar-refractivity contribution in [2.75, 3.05) is 5.73 Å². The average Bonchev–Trinajstić information content (AvgIpc) is 2.32. The fourth-order valence-electron chi connectivity index (χ4n) is 1.34. The summed E-state index contributed by atoms with van der Waals surface area (Å²) in [6, 6.07) is 3.15. The molecule has 1 aromatic heterocycles. The van der Waals surface area contributed by atoms with Crippen LogP contribution < -0.4 is 5.73 Å². The van der Waals surface area contributed by atoms with Gasteiger partial charge in [0.15, 0.2) is 0 Å². The Balaban J connectivity index is 2.89. The van der Waals surface area contributed by atoms with E-state index in [1.807, 2.05) is 7.05 Å². The Morgan fingerprint density at radius 3 is 2.85 bits per heavy atom. The summed E-state index contributed by atoms with van der Waals surface area (Å²) in [5, 5.41) is 0. The standard InChI is InChI=1S/C9H10FN3/c1-5-3-8-7(4-6(5)10)12-9(11)13(8)2/h3-4H,1-2H3,(H2,11,12). The molecule has 4 heteroatoms. The zero-order valence-electron chi connectivity index (χ0n) is 7.50. The first kappa shape index (κ1) is 8.04. The van der Waals surface area contributed by atoms with Crippen molar-refractivity contribution in [2.24, 2.45) is 7.05 Å². The Hall–Kier alpha value is -1.58. The molecule has 68 valence electrons. The largest absolute Gasteiger partial charge is 0.369 e. The highest BCUT2D eigenvalue weighted by molar-refractivity contribution is 5.79. The lowest BCUT2D eigenvalue weighted by Gasteiger charge is -1.98. The van der Waals surface area contributed by atoms with E-state index < -0.39 is 0 Å². The number of imidazole rings is 1. The molecule has 0 spiro atoms. The van der Waals surface area contributed by atoms with Gasteiger partial charge in [-0.25, -0.2) is 9.37 Å². The smallest absolute Gasteiger partial charge is 0.200 e. The minimum Gasteiger partial charge on any atom is -0.369 e. The molecule has 0 aliphatic heterocycles. The molecule has 3 nitrogen and oxygen atoms in total. The zero-order valence-corrected chi connectivity index (χ0v) is 7.50. The van der Waals surface area contributed by atoms with E-state index in [9.17, 15) is 4.39 Å². The van der Waals surface area contributed by atoms with E-state index in [1.54, 1.807) is 17.6 Å². The number of anilines is 1. The SMILES string of the molecule is Cc1cc2c(cc1F)nc(N)n2C. The van der Waals surface area contributed by atoms with E-state index in [4.69, 9.17) is 5.73 Å². The zero-order chi connectivity index (χ0) is 9.59. The van der Waals surface area contributed by atoms with Crippen LogP contribution in [0, 0.1) is 12.7 Å². The lowest BCUT2D eigenvalue weighted by atomic mass is 10.2. The van der Waals surface area contributed by atoms with Gasteiger partial charge in [0.05, 0.1) is 11.0 Å². The van der Waals surface area contributed by atoms with Gasteiger partial charge in [0.25, 0.3) is 0 Å². The fraction of sp³-hybridized carbons (Fsp3) is 0.222. The monoisotopic (exact) mass is 179 g/mol. The molecule has 0 radical (unpaired) electrons. The van der Waals surface area contributed by atoms with Crippen LogP contribution in [0.15, 0.2) is 12.1 Å². The third kappa shape index (κ3) is 1.06. The predicted molar refractivity (Wildman–Crippen MR) is 49.8 cm³/mol. The average molecular weight is 179 g/mol. The number of benzene rings is 1. The Morgan fingerprint density at radius 1 is 1.46 bits per heavy atom. The summed E-state index contributed by atoms with van der Waals surface area (Å²) in [7, 11) is 1.81. The molecular weight excluding hydrogens is 169 g/mol. The second-order valence-corrected chi connectivity index (χ2v) is 3.12. The van der Waals surface area contributed by atoms with Crippen LogP contribution >= 0.6 is 0 Å². The predicted octanol–water partition coefficient (Wildman–Crippen LogP) is 1.60. The molecule has 0 atom stereocenters. The molecule has 0 saturated carbocycles. The molecule has 2 N–H and O–H groups in total. The second-order valence-electron chi connectivity index (χ2n) is 3.12. The molecule has 2 aromatic rings. The van der Waals surface area contributed by atoms with Crippen molar-refractivity contribution in [1.29, 1.82) is 0 Å². The Kier molecular flexibility index (Phi) is 1.52. The van der Waals surface area contributed by atoms with Crippen LogP contribution in [0.5, 0.6) is 0 Å². The van der Waals surface area contributed by atoms with Crippen LogP contribution in [-0.2, 0) is 7.05 Å². The number of fused-ring (bicyclic) bond motifs is 1. The number of rotatable bonds is 0. The van der Waals surface area contributed by atoms with E-state index in [0.29, 0.717) is 17.0 Å². The Labute approximate surface area is 75.0 Å². The second kappa shape index (κ2) is 2.45. The van der Waals surface area contributed by atoms with Gasteiger partial charge < -0.3 is 10.3 Å².